The van der Waals surface area contributed by atoms with Crippen LogP contribution >= 0.6 is 11.9 Å². The monoisotopic (exact) mass is 365 g/mol. The third-order valence-electron chi connectivity index (χ3n) is 4.56. The lowest BCUT2D eigenvalue weighted by Crippen LogP contribution is -2.37. The number of hydrogen-bond donors (Lipinski definition) is 1. The lowest BCUT2D eigenvalue weighted by molar-refractivity contribution is 0.0369. The van der Waals surface area contributed by atoms with Crippen molar-refractivity contribution >= 4 is 11.9 Å². The molecule has 0 unspecified atom stereocenters. The summed E-state index contributed by atoms with van der Waals surface area (Å²) in [5, 5.41) is 0. The van der Waals surface area contributed by atoms with Crippen molar-refractivity contribution in [2.45, 2.75) is 38.6 Å². The van der Waals surface area contributed by atoms with Crippen LogP contribution in [0.5, 0.6) is 0 Å². The van der Waals surface area contributed by atoms with Crippen molar-refractivity contribution in [2.24, 2.45) is 5.73 Å². The Kier molecular flexibility index (Phi) is 11.3. The smallest absolute Gasteiger partial charge is 0.0594 e. The van der Waals surface area contributed by atoms with Crippen molar-refractivity contribution in [3.05, 3.63) is 35.9 Å². The Labute approximate surface area is 158 Å². The van der Waals surface area contributed by atoms with Crippen LogP contribution in [0.2, 0.25) is 0 Å². The summed E-state index contributed by atoms with van der Waals surface area (Å²) in [6.07, 6.45) is 6.26. The van der Waals surface area contributed by atoms with Gasteiger partial charge in [-0.2, -0.15) is 0 Å². The van der Waals surface area contributed by atoms with Gasteiger partial charge in [0.25, 0.3) is 0 Å². The van der Waals surface area contributed by atoms with Crippen LogP contribution < -0.4 is 5.73 Å². The zero-order chi connectivity index (χ0) is 17.6. The maximum absolute atomic E-state index is 5.57. The van der Waals surface area contributed by atoms with Gasteiger partial charge in [0.2, 0.25) is 0 Å². The summed E-state index contributed by atoms with van der Waals surface area (Å²) >= 11 is 2.02. The minimum Gasteiger partial charge on any atom is -0.379 e. The molecular weight excluding hydrogens is 330 g/mol. The highest BCUT2D eigenvalue weighted by Gasteiger charge is 2.11. The largest absolute Gasteiger partial charge is 0.379 e. The van der Waals surface area contributed by atoms with Crippen LogP contribution in [0, 0.1) is 0 Å². The molecule has 0 atom stereocenters. The molecule has 1 saturated heterocycles. The van der Waals surface area contributed by atoms with Crippen molar-refractivity contribution in [2.75, 3.05) is 51.7 Å². The number of unbranched alkanes of at least 4 members (excludes halogenated alkanes) is 3. The molecular formula is C20H35N3OS. The summed E-state index contributed by atoms with van der Waals surface area (Å²) in [6.45, 7) is 8.17. The fourth-order valence-corrected chi connectivity index (χ4v) is 4.16. The van der Waals surface area contributed by atoms with Crippen LogP contribution in [0.15, 0.2) is 30.3 Å². The first-order chi connectivity index (χ1) is 12.4. The molecule has 1 aromatic rings. The van der Waals surface area contributed by atoms with Gasteiger partial charge in [0, 0.05) is 31.9 Å². The van der Waals surface area contributed by atoms with Crippen LogP contribution in [-0.4, -0.2) is 60.9 Å². The Morgan fingerprint density at radius 2 is 1.76 bits per heavy atom. The number of benzene rings is 1. The highest BCUT2D eigenvalue weighted by atomic mass is 32.2. The molecule has 1 heterocycles. The second-order valence-corrected chi connectivity index (χ2v) is 7.88. The minimum atomic E-state index is 0.828. The highest BCUT2D eigenvalue weighted by molar-refractivity contribution is 7.96. The first kappa shape index (κ1) is 20.7. The van der Waals surface area contributed by atoms with E-state index in [1.54, 1.807) is 0 Å². The Bertz CT molecular complexity index is 426. The zero-order valence-electron chi connectivity index (χ0n) is 15.6. The molecule has 1 fully saturated rings. The fourth-order valence-electron chi connectivity index (χ4n) is 3.07. The Balaban J connectivity index is 1.69. The van der Waals surface area contributed by atoms with Crippen molar-refractivity contribution in [3.63, 3.8) is 0 Å². The molecule has 0 saturated carbocycles. The molecule has 5 heteroatoms. The molecule has 4 nitrogen and oxygen atoms in total. The van der Waals surface area contributed by atoms with Crippen molar-refractivity contribution in [1.82, 2.24) is 9.21 Å². The van der Waals surface area contributed by atoms with Gasteiger partial charge in [-0.25, -0.2) is 4.31 Å². The van der Waals surface area contributed by atoms with E-state index in [1.807, 2.05) is 11.9 Å². The number of nitrogens with zero attached hydrogens (tertiary/aromatic N) is 2. The predicted octanol–water partition coefficient (Wildman–Crippen LogP) is 3.38. The molecule has 2 rings (SSSR count). The van der Waals surface area contributed by atoms with E-state index in [-0.39, 0.29) is 0 Å². The maximum Gasteiger partial charge on any atom is 0.0594 e. The van der Waals surface area contributed by atoms with Crippen LogP contribution in [0.1, 0.15) is 37.7 Å². The van der Waals surface area contributed by atoms with Crippen molar-refractivity contribution < 1.29 is 4.74 Å². The van der Waals surface area contributed by atoms with Crippen LogP contribution in [0.4, 0.5) is 0 Å². The lowest BCUT2D eigenvalue weighted by Gasteiger charge is -2.28. The molecule has 142 valence electrons. The summed E-state index contributed by atoms with van der Waals surface area (Å²) in [5.41, 5.74) is 6.98. The van der Waals surface area contributed by atoms with E-state index in [2.05, 4.69) is 39.5 Å². The molecule has 0 spiro atoms. The SMILES string of the molecule is NCCCCCCSN(CCCN1CCOCC1)Cc1ccccc1. The molecule has 0 radical (unpaired) electrons. The summed E-state index contributed by atoms with van der Waals surface area (Å²) in [6, 6.07) is 10.8. The molecule has 0 aliphatic carbocycles. The Morgan fingerprint density at radius 3 is 2.52 bits per heavy atom. The van der Waals surface area contributed by atoms with Gasteiger partial charge in [0.05, 0.1) is 13.2 Å². The molecule has 0 amide bonds. The van der Waals surface area contributed by atoms with E-state index in [0.717, 1.165) is 52.4 Å². The van der Waals surface area contributed by atoms with E-state index < -0.39 is 0 Å². The first-order valence-corrected chi connectivity index (χ1v) is 10.7. The average molecular weight is 366 g/mol. The van der Waals surface area contributed by atoms with Gasteiger partial charge in [0.1, 0.15) is 0 Å². The number of rotatable bonds is 13. The predicted molar refractivity (Wildman–Crippen MR) is 109 cm³/mol. The Morgan fingerprint density at radius 1 is 1.00 bits per heavy atom. The van der Waals surface area contributed by atoms with Gasteiger partial charge >= 0.3 is 0 Å². The van der Waals surface area contributed by atoms with E-state index in [0.29, 0.717) is 0 Å². The summed E-state index contributed by atoms with van der Waals surface area (Å²) in [5.74, 6) is 1.22. The maximum atomic E-state index is 5.57. The number of hydrogen-bond acceptors (Lipinski definition) is 5. The fraction of sp³-hybridized carbons (Fsp3) is 0.700. The standard InChI is InChI=1S/C20H35N3OS/c21-11-6-1-2-7-18-25-23(19-20-9-4-3-5-10-20)13-8-12-22-14-16-24-17-15-22/h3-5,9-10H,1-2,6-8,11-19,21H2. The van der Waals surface area contributed by atoms with Crippen molar-refractivity contribution in [1.29, 1.82) is 0 Å². The quantitative estimate of drug-likeness (QED) is 0.429. The second kappa shape index (κ2) is 13.6. The van der Waals surface area contributed by atoms with E-state index in [1.165, 1.54) is 43.5 Å². The lowest BCUT2D eigenvalue weighted by atomic mass is 10.2. The van der Waals surface area contributed by atoms with Crippen molar-refractivity contribution in [3.8, 4) is 0 Å². The molecule has 25 heavy (non-hydrogen) atoms. The van der Waals surface area contributed by atoms with Crippen LogP contribution in [0.25, 0.3) is 0 Å². The van der Waals surface area contributed by atoms with E-state index in [4.69, 9.17) is 10.5 Å². The van der Waals surface area contributed by atoms with Crippen LogP contribution in [-0.2, 0) is 11.3 Å². The van der Waals surface area contributed by atoms with Gasteiger partial charge in [-0.05, 0) is 37.9 Å². The third-order valence-corrected chi connectivity index (χ3v) is 5.71. The molecule has 2 N–H and O–H groups in total. The number of morpholine rings is 1. The Hall–Kier alpha value is -0.590. The highest BCUT2D eigenvalue weighted by Crippen LogP contribution is 2.18. The molecule has 0 aromatic heterocycles. The van der Waals surface area contributed by atoms with E-state index >= 15 is 0 Å². The number of nitrogens with two attached hydrogens (primary N) is 1. The molecule has 1 aromatic carbocycles. The third kappa shape index (κ3) is 9.61. The minimum absolute atomic E-state index is 0.828. The van der Waals surface area contributed by atoms with Gasteiger partial charge in [0.15, 0.2) is 0 Å². The second-order valence-electron chi connectivity index (χ2n) is 6.69. The zero-order valence-corrected chi connectivity index (χ0v) is 16.4. The summed E-state index contributed by atoms with van der Waals surface area (Å²) in [4.78, 5) is 2.53. The first-order valence-electron chi connectivity index (χ1n) is 9.80. The molecule has 1 aliphatic rings. The van der Waals surface area contributed by atoms with Gasteiger partial charge in [-0.1, -0.05) is 55.1 Å². The van der Waals surface area contributed by atoms with Gasteiger partial charge in [-0.3, -0.25) is 4.90 Å². The van der Waals surface area contributed by atoms with Crippen LogP contribution in [0.3, 0.4) is 0 Å². The molecule has 0 bridgehead atoms. The molecule has 1 aliphatic heterocycles. The summed E-state index contributed by atoms with van der Waals surface area (Å²) in [7, 11) is 0. The van der Waals surface area contributed by atoms with Gasteiger partial charge in [-0.15, -0.1) is 0 Å². The summed E-state index contributed by atoms with van der Waals surface area (Å²) < 4.78 is 7.99. The topological polar surface area (TPSA) is 41.7 Å². The average Bonchev–Trinajstić information content (AvgIpc) is 2.66. The van der Waals surface area contributed by atoms with Gasteiger partial charge < -0.3 is 10.5 Å². The normalized spacial score (nSPS) is 15.8. The number of ether oxygens (including phenoxy) is 1. The van der Waals surface area contributed by atoms with E-state index in [9.17, 15) is 0 Å².